The molecule has 2 heteroatoms. The van der Waals surface area contributed by atoms with Gasteiger partial charge in [-0.25, -0.2) is 0 Å². The highest BCUT2D eigenvalue weighted by molar-refractivity contribution is 7.09. The van der Waals surface area contributed by atoms with E-state index < -0.39 is 8.24 Å². The molecule has 0 aliphatic rings. The van der Waals surface area contributed by atoms with Crippen molar-refractivity contribution in [1.29, 1.82) is 0 Å². The maximum atomic E-state index is 4.97. The van der Waals surface area contributed by atoms with E-state index >= 15 is 0 Å². The largest absolute Gasteiger partial charge is 0.257 e. The molecule has 0 saturated heterocycles. The van der Waals surface area contributed by atoms with Crippen molar-refractivity contribution in [2.24, 2.45) is 0 Å². The molecule has 0 atom stereocenters. The van der Waals surface area contributed by atoms with Crippen molar-refractivity contribution >= 4 is 23.8 Å². The van der Waals surface area contributed by atoms with Crippen LogP contribution in [0.2, 0.25) is 0 Å². The molecule has 3 aromatic rings. The lowest BCUT2D eigenvalue weighted by Gasteiger charge is -2.31. The smallest absolute Gasteiger partial charge is 0.237 e. The van der Waals surface area contributed by atoms with E-state index in [4.69, 9.17) is 4.98 Å². The lowest BCUT2D eigenvalue weighted by Crippen LogP contribution is -2.72. The van der Waals surface area contributed by atoms with Gasteiger partial charge in [-0.3, -0.25) is 4.98 Å². The predicted octanol–water partition coefficient (Wildman–Crippen LogP) is 1.89. The van der Waals surface area contributed by atoms with Gasteiger partial charge in [-0.2, -0.15) is 0 Å². The number of hydrogen-bond acceptors (Lipinski definition) is 0. The Kier molecular flexibility index (Phi) is 4.00. The molecule has 21 heavy (non-hydrogen) atoms. The fraction of sp³-hybridized carbons (Fsp3) is 0.0526. The molecule has 3 aromatic carbocycles. The van der Waals surface area contributed by atoms with Crippen LogP contribution < -0.4 is 20.5 Å². The fourth-order valence-electron chi connectivity index (χ4n) is 2.93. The van der Waals surface area contributed by atoms with Gasteiger partial charge in [-0.05, 0) is 22.6 Å². The van der Waals surface area contributed by atoms with E-state index in [1.165, 1.54) is 15.6 Å². The normalized spacial score (nSPS) is 11.3. The molecule has 0 amide bonds. The standard InChI is InChI=1S/C19H18NSi/c1-20-21(17-11-5-2-6-12-17,18-13-7-3-8-14-18)19-15-9-4-10-16-19/h2-16H,1H3. The fourth-order valence-corrected chi connectivity index (χ4v) is 6.72. The summed E-state index contributed by atoms with van der Waals surface area (Å²) < 4.78 is 0. The summed E-state index contributed by atoms with van der Waals surface area (Å²) in [7, 11) is -0.315. The van der Waals surface area contributed by atoms with Crippen LogP contribution >= 0.6 is 0 Å². The van der Waals surface area contributed by atoms with Gasteiger partial charge in [-0.1, -0.05) is 91.0 Å². The second-order valence-corrected chi connectivity index (χ2v) is 8.63. The summed E-state index contributed by atoms with van der Waals surface area (Å²) in [6, 6.07) is 32.1. The van der Waals surface area contributed by atoms with E-state index in [0.29, 0.717) is 0 Å². The molecule has 0 bridgehead atoms. The van der Waals surface area contributed by atoms with Crippen LogP contribution in [0.25, 0.3) is 0 Å². The van der Waals surface area contributed by atoms with Gasteiger partial charge in [0.05, 0.1) is 0 Å². The Hall–Kier alpha value is -2.16. The Labute approximate surface area is 127 Å². The highest BCUT2D eigenvalue weighted by Gasteiger charge is 2.39. The first-order valence-corrected chi connectivity index (χ1v) is 9.10. The Bertz CT molecular complexity index is 584. The molecule has 0 unspecified atom stereocenters. The second-order valence-electron chi connectivity index (χ2n) is 5.03. The third-order valence-electron chi connectivity index (χ3n) is 3.91. The van der Waals surface area contributed by atoms with Gasteiger partial charge in [0.1, 0.15) is 0 Å². The second kappa shape index (κ2) is 6.08. The number of hydrogen-bond donors (Lipinski definition) is 0. The molecule has 0 aliphatic heterocycles. The molecule has 3 rings (SSSR count). The maximum Gasteiger partial charge on any atom is 0.237 e. The zero-order chi connectivity index (χ0) is 14.5. The van der Waals surface area contributed by atoms with E-state index in [1.807, 2.05) is 7.05 Å². The summed E-state index contributed by atoms with van der Waals surface area (Å²) >= 11 is 0. The van der Waals surface area contributed by atoms with Crippen LogP contribution in [0.1, 0.15) is 0 Å². The van der Waals surface area contributed by atoms with Crippen molar-refractivity contribution in [3.05, 3.63) is 91.0 Å². The molecule has 0 aromatic heterocycles. The molecule has 1 radical (unpaired) electrons. The van der Waals surface area contributed by atoms with Crippen molar-refractivity contribution < 1.29 is 0 Å². The first-order chi connectivity index (χ1) is 10.4. The zero-order valence-electron chi connectivity index (χ0n) is 12.1. The van der Waals surface area contributed by atoms with Crippen molar-refractivity contribution in [3.8, 4) is 0 Å². The van der Waals surface area contributed by atoms with E-state index in [9.17, 15) is 0 Å². The Morgan fingerprint density at radius 1 is 0.524 bits per heavy atom. The van der Waals surface area contributed by atoms with Crippen LogP contribution in [0.3, 0.4) is 0 Å². The summed E-state index contributed by atoms with van der Waals surface area (Å²) in [5, 5.41) is 3.97. The number of benzene rings is 3. The maximum absolute atomic E-state index is 4.97. The molecule has 0 fully saturated rings. The lowest BCUT2D eigenvalue weighted by molar-refractivity contribution is 1.18. The third kappa shape index (κ3) is 2.44. The molecule has 0 aliphatic carbocycles. The average Bonchev–Trinajstić information content (AvgIpc) is 2.59. The minimum Gasteiger partial charge on any atom is -0.257 e. The lowest BCUT2D eigenvalue weighted by atomic mass is 10.3. The van der Waals surface area contributed by atoms with Crippen LogP contribution in [-0.4, -0.2) is 15.3 Å². The van der Waals surface area contributed by atoms with E-state index in [1.54, 1.807) is 0 Å². The molecule has 0 heterocycles. The van der Waals surface area contributed by atoms with Crippen LogP contribution in [-0.2, 0) is 0 Å². The van der Waals surface area contributed by atoms with E-state index in [-0.39, 0.29) is 0 Å². The Balaban J connectivity index is 2.29. The van der Waals surface area contributed by atoms with Crippen LogP contribution in [0.5, 0.6) is 0 Å². The summed E-state index contributed by atoms with van der Waals surface area (Å²) in [4.78, 5) is 4.97. The van der Waals surface area contributed by atoms with Gasteiger partial charge in [-0.15, -0.1) is 0 Å². The molecule has 1 nitrogen and oxygen atoms in total. The number of nitrogens with zero attached hydrogens (tertiary/aromatic N) is 1. The van der Waals surface area contributed by atoms with Gasteiger partial charge in [0.25, 0.3) is 0 Å². The highest BCUT2D eigenvalue weighted by atomic mass is 28.3. The van der Waals surface area contributed by atoms with Gasteiger partial charge >= 0.3 is 0 Å². The highest BCUT2D eigenvalue weighted by Crippen LogP contribution is 2.05. The Morgan fingerprint density at radius 2 is 0.810 bits per heavy atom. The van der Waals surface area contributed by atoms with Gasteiger partial charge in [0.2, 0.25) is 8.24 Å². The average molecular weight is 288 g/mol. The number of rotatable bonds is 4. The topological polar surface area (TPSA) is 14.1 Å². The van der Waals surface area contributed by atoms with E-state index in [0.717, 1.165) is 0 Å². The first kappa shape index (κ1) is 13.8. The minimum absolute atomic E-state index is 1.32. The molecule has 0 N–H and O–H groups in total. The summed E-state index contributed by atoms with van der Waals surface area (Å²) in [5.41, 5.74) is 0. The summed E-state index contributed by atoms with van der Waals surface area (Å²) in [5.74, 6) is 0. The van der Waals surface area contributed by atoms with Crippen LogP contribution in [0.4, 0.5) is 0 Å². The molecule has 0 saturated carbocycles. The zero-order valence-corrected chi connectivity index (χ0v) is 13.1. The SMILES string of the molecule is C[N][Si](c1ccccc1)(c1ccccc1)c1ccccc1. The predicted molar refractivity (Wildman–Crippen MR) is 92.0 cm³/mol. The van der Waals surface area contributed by atoms with Crippen molar-refractivity contribution in [2.75, 3.05) is 7.05 Å². The molecular formula is C19H18NSi. The first-order valence-electron chi connectivity index (χ1n) is 7.15. The molecule has 0 spiro atoms. The Morgan fingerprint density at radius 3 is 1.05 bits per heavy atom. The van der Waals surface area contributed by atoms with Crippen LogP contribution in [0.15, 0.2) is 91.0 Å². The van der Waals surface area contributed by atoms with Gasteiger partial charge in [0, 0.05) is 0 Å². The minimum atomic E-state index is -2.27. The van der Waals surface area contributed by atoms with Crippen molar-refractivity contribution in [2.45, 2.75) is 0 Å². The van der Waals surface area contributed by atoms with Gasteiger partial charge in [0.15, 0.2) is 0 Å². The molecule has 103 valence electrons. The summed E-state index contributed by atoms with van der Waals surface area (Å²) in [6.07, 6.45) is 0. The van der Waals surface area contributed by atoms with Crippen molar-refractivity contribution in [1.82, 2.24) is 4.98 Å². The van der Waals surface area contributed by atoms with Crippen LogP contribution in [0, 0.1) is 0 Å². The summed E-state index contributed by atoms with van der Waals surface area (Å²) in [6.45, 7) is 0. The molecular weight excluding hydrogens is 270 g/mol. The van der Waals surface area contributed by atoms with Crippen molar-refractivity contribution in [3.63, 3.8) is 0 Å². The third-order valence-corrected chi connectivity index (χ3v) is 8.09. The monoisotopic (exact) mass is 288 g/mol. The van der Waals surface area contributed by atoms with E-state index in [2.05, 4.69) is 91.0 Å². The van der Waals surface area contributed by atoms with Gasteiger partial charge < -0.3 is 0 Å². The quantitative estimate of drug-likeness (QED) is 0.514.